The lowest BCUT2D eigenvalue weighted by molar-refractivity contribution is -0.121. The average molecular weight is 340 g/mol. The predicted molar refractivity (Wildman–Crippen MR) is 92.9 cm³/mol. The number of nitrogens with two attached hydrogens (primary N) is 1. The van der Waals surface area contributed by atoms with Gasteiger partial charge in [-0.15, -0.1) is 0 Å². The summed E-state index contributed by atoms with van der Waals surface area (Å²) in [6.45, 7) is 1.31. The number of rotatable bonds is 5. The van der Waals surface area contributed by atoms with Crippen LogP contribution >= 0.6 is 0 Å². The summed E-state index contributed by atoms with van der Waals surface area (Å²) in [4.78, 5) is 29.1. The van der Waals surface area contributed by atoms with Gasteiger partial charge in [-0.1, -0.05) is 30.3 Å². The van der Waals surface area contributed by atoms with E-state index in [-0.39, 0.29) is 17.9 Å². The molecule has 1 atom stereocenters. The number of pyridine rings is 1. The molecule has 7 nitrogen and oxygen atoms in total. The van der Waals surface area contributed by atoms with Gasteiger partial charge in [0, 0.05) is 19.2 Å². The van der Waals surface area contributed by atoms with Crippen LogP contribution in [0.1, 0.15) is 12.0 Å². The molecule has 0 spiro atoms. The molecule has 2 aromatic rings. The van der Waals surface area contributed by atoms with E-state index in [0.29, 0.717) is 37.7 Å². The predicted octanol–water partition coefficient (Wildman–Crippen LogP) is 2.00. The van der Waals surface area contributed by atoms with Crippen LogP contribution in [-0.4, -0.2) is 34.9 Å². The van der Waals surface area contributed by atoms with Crippen LogP contribution in [0, 0.1) is 5.92 Å². The fourth-order valence-electron chi connectivity index (χ4n) is 2.65. The SMILES string of the molecule is NC(=O)[C@@H]1CCN(C(=O)Nc2ccc(OCc3ccccc3)nc2)C1. The lowest BCUT2D eigenvalue weighted by atomic mass is 10.1. The maximum atomic E-state index is 12.2. The summed E-state index contributed by atoms with van der Waals surface area (Å²) in [6, 6.07) is 13.0. The monoisotopic (exact) mass is 340 g/mol. The topological polar surface area (TPSA) is 97.6 Å². The van der Waals surface area contributed by atoms with Gasteiger partial charge in [0.2, 0.25) is 11.8 Å². The molecule has 3 rings (SSSR count). The van der Waals surface area contributed by atoms with Gasteiger partial charge in [0.1, 0.15) is 6.61 Å². The molecule has 0 unspecified atom stereocenters. The molecule has 0 bridgehead atoms. The summed E-state index contributed by atoms with van der Waals surface area (Å²) in [7, 11) is 0. The Labute approximate surface area is 145 Å². The van der Waals surface area contributed by atoms with Gasteiger partial charge in [0.15, 0.2) is 0 Å². The number of carbonyl (C=O) groups excluding carboxylic acids is 2. The molecule has 130 valence electrons. The van der Waals surface area contributed by atoms with Gasteiger partial charge in [-0.2, -0.15) is 0 Å². The lowest BCUT2D eigenvalue weighted by Gasteiger charge is -2.16. The van der Waals surface area contributed by atoms with Gasteiger partial charge < -0.3 is 20.7 Å². The average Bonchev–Trinajstić information content (AvgIpc) is 3.13. The number of primary amides is 1. The quantitative estimate of drug-likeness (QED) is 0.870. The fraction of sp³-hybridized carbons (Fsp3) is 0.278. The molecule has 25 heavy (non-hydrogen) atoms. The second-order valence-corrected chi connectivity index (χ2v) is 5.92. The molecule has 1 aliphatic heterocycles. The van der Waals surface area contributed by atoms with Crippen molar-refractivity contribution in [1.82, 2.24) is 9.88 Å². The van der Waals surface area contributed by atoms with Gasteiger partial charge in [-0.3, -0.25) is 4.79 Å². The Hall–Kier alpha value is -3.09. The molecular weight excluding hydrogens is 320 g/mol. The molecule has 0 radical (unpaired) electrons. The van der Waals surface area contributed by atoms with E-state index in [1.165, 1.54) is 0 Å². The molecule has 1 saturated heterocycles. The number of likely N-dealkylation sites (tertiary alicyclic amines) is 1. The highest BCUT2D eigenvalue weighted by Crippen LogP contribution is 2.18. The summed E-state index contributed by atoms with van der Waals surface area (Å²) in [5.41, 5.74) is 6.90. The minimum atomic E-state index is -0.364. The molecule has 1 aromatic heterocycles. The number of aromatic nitrogens is 1. The van der Waals surface area contributed by atoms with E-state index in [0.717, 1.165) is 5.56 Å². The van der Waals surface area contributed by atoms with Gasteiger partial charge in [0.25, 0.3) is 0 Å². The second-order valence-electron chi connectivity index (χ2n) is 5.92. The highest BCUT2D eigenvalue weighted by Gasteiger charge is 2.29. The van der Waals surface area contributed by atoms with Crippen molar-refractivity contribution in [2.24, 2.45) is 11.7 Å². The molecule has 1 aromatic carbocycles. The number of nitrogens with zero attached hydrogens (tertiary/aromatic N) is 2. The fourth-order valence-corrected chi connectivity index (χ4v) is 2.65. The first kappa shape index (κ1) is 16.8. The summed E-state index contributed by atoms with van der Waals surface area (Å²) in [5.74, 6) is -0.147. The first-order chi connectivity index (χ1) is 12.1. The second kappa shape index (κ2) is 7.65. The summed E-state index contributed by atoms with van der Waals surface area (Å²) < 4.78 is 5.61. The Morgan fingerprint density at radius 1 is 1.24 bits per heavy atom. The molecule has 0 aliphatic carbocycles. The van der Waals surface area contributed by atoms with Gasteiger partial charge >= 0.3 is 6.03 Å². The van der Waals surface area contributed by atoms with E-state index in [2.05, 4.69) is 10.3 Å². The van der Waals surface area contributed by atoms with Crippen LogP contribution in [0.4, 0.5) is 10.5 Å². The van der Waals surface area contributed by atoms with Gasteiger partial charge in [0.05, 0.1) is 17.8 Å². The Bertz CT molecular complexity index is 734. The largest absolute Gasteiger partial charge is 0.473 e. The maximum Gasteiger partial charge on any atom is 0.321 e. The Kier molecular flexibility index (Phi) is 5.13. The first-order valence-corrected chi connectivity index (χ1v) is 8.10. The Balaban J connectivity index is 1.50. The zero-order chi connectivity index (χ0) is 17.6. The summed E-state index contributed by atoms with van der Waals surface area (Å²) in [6.07, 6.45) is 2.15. The zero-order valence-corrected chi connectivity index (χ0v) is 13.7. The molecule has 7 heteroatoms. The highest BCUT2D eigenvalue weighted by molar-refractivity contribution is 5.90. The molecule has 3 amide bonds. The van der Waals surface area contributed by atoms with E-state index in [1.54, 1.807) is 23.2 Å². The number of urea groups is 1. The van der Waals surface area contributed by atoms with E-state index in [1.807, 2.05) is 30.3 Å². The lowest BCUT2D eigenvalue weighted by Crippen LogP contribution is -2.34. The molecule has 0 saturated carbocycles. The number of hydrogen-bond acceptors (Lipinski definition) is 4. The Morgan fingerprint density at radius 3 is 2.68 bits per heavy atom. The molecule has 2 heterocycles. The number of ether oxygens (including phenoxy) is 1. The van der Waals surface area contributed by atoms with Crippen molar-refractivity contribution >= 4 is 17.6 Å². The van der Waals surface area contributed by atoms with Gasteiger partial charge in [-0.25, -0.2) is 9.78 Å². The van der Waals surface area contributed by atoms with Crippen molar-refractivity contribution in [1.29, 1.82) is 0 Å². The van der Waals surface area contributed by atoms with Crippen LogP contribution in [0.15, 0.2) is 48.7 Å². The van der Waals surface area contributed by atoms with Crippen molar-refractivity contribution in [3.05, 3.63) is 54.2 Å². The number of hydrogen-bond donors (Lipinski definition) is 2. The van der Waals surface area contributed by atoms with Crippen molar-refractivity contribution in [2.75, 3.05) is 18.4 Å². The van der Waals surface area contributed by atoms with Crippen LogP contribution in [0.5, 0.6) is 5.88 Å². The number of carbonyl (C=O) groups is 2. The summed E-state index contributed by atoms with van der Waals surface area (Å²) >= 11 is 0. The van der Waals surface area contributed by atoms with Gasteiger partial charge in [-0.05, 0) is 18.1 Å². The molecule has 1 aliphatic rings. The Morgan fingerprint density at radius 2 is 2.04 bits per heavy atom. The standard InChI is InChI=1S/C18H20N4O3/c19-17(23)14-8-9-22(11-14)18(24)21-15-6-7-16(20-10-15)25-12-13-4-2-1-3-5-13/h1-7,10,14H,8-9,11-12H2,(H2,19,23)(H,21,24)/t14-/m1/s1. The van der Waals surface area contributed by atoms with E-state index in [4.69, 9.17) is 10.5 Å². The number of nitrogens with one attached hydrogen (secondary N) is 1. The van der Waals surface area contributed by atoms with Crippen LogP contribution < -0.4 is 15.8 Å². The first-order valence-electron chi connectivity index (χ1n) is 8.10. The van der Waals surface area contributed by atoms with Crippen LogP contribution in [0.25, 0.3) is 0 Å². The zero-order valence-electron chi connectivity index (χ0n) is 13.7. The van der Waals surface area contributed by atoms with Crippen molar-refractivity contribution in [3.63, 3.8) is 0 Å². The maximum absolute atomic E-state index is 12.2. The van der Waals surface area contributed by atoms with Crippen molar-refractivity contribution in [2.45, 2.75) is 13.0 Å². The molecule has 3 N–H and O–H groups in total. The van der Waals surface area contributed by atoms with Crippen molar-refractivity contribution < 1.29 is 14.3 Å². The molecular formula is C18H20N4O3. The smallest absolute Gasteiger partial charge is 0.321 e. The third-order valence-electron chi connectivity index (χ3n) is 4.09. The minimum Gasteiger partial charge on any atom is -0.473 e. The minimum absolute atomic E-state index is 0.261. The third-order valence-corrected chi connectivity index (χ3v) is 4.09. The normalized spacial score (nSPS) is 16.5. The number of benzene rings is 1. The van der Waals surface area contributed by atoms with Crippen molar-refractivity contribution in [3.8, 4) is 5.88 Å². The molecule has 1 fully saturated rings. The number of anilines is 1. The van der Waals surface area contributed by atoms with E-state index < -0.39 is 0 Å². The van der Waals surface area contributed by atoms with Crippen LogP contribution in [0.2, 0.25) is 0 Å². The summed E-state index contributed by atoms with van der Waals surface area (Å²) in [5, 5.41) is 2.76. The van der Waals surface area contributed by atoms with Crippen LogP contribution in [-0.2, 0) is 11.4 Å². The third kappa shape index (κ3) is 4.47. The van der Waals surface area contributed by atoms with Crippen LogP contribution in [0.3, 0.4) is 0 Å². The van der Waals surface area contributed by atoms with E-state index in [9.17, 15) is 9.59 Å². The highest BCUT2D eigenvalue weighted by atomic mass is 16.5. The van der Waals surface area contributed by atoms with E-state index >= 15 is 0 Å². The number of amides is 3.